The molecular formula is C55H76MgN4O6-2. The number of esters is 2. The van der Waals surface area contributed by atoms with Gasteiger partial charge in [-0.05, 0) is 94.5 Å². The molecule has 4 aliphatic rings. The second-order valence-electron chi connectivity index (χ2n) is 20.4. The van der Waals surface area contributed by atoms with E-state index in [2.05, 4.69) is 55.4 Å². The van der Waals surface area contributed by atoms with E-state index in [4.69, 9.17) is 30.1 Å². The third-order valence-electron chi connectivity index (χ3n) is 15.0. The number of Topliss-reactive ketones (excluding diaryl/α,β-unsaturated/α-hetero) is 1. The molecule has 6 rings (SSSR count). The summed E-state index contributed by atoms with van der Waals surface area (Å²) in [7, 11) is 1.32. The number of rotatable bonds is 20. The van der Waals surface area contributed by atoms with Gasteiger partial charge in [-0.1, -0.05) is 146 Å². The van der Waals surface area contributed by atoms with E-state index in [-0.39, 0.29) is 77.3 Å². The minimum absolute atomic E-state index is 0. The third kappa shape index (κ3) is 11.8. The van der Waals surface area contributed by atoms with E-state index in [0.29, 0.717) is 51.1 Å². The predicted molar refractivity (Wildman–Crippen MR) is 268 cm³/mol. The van der Waals surface area contributed by atoms with Gasteiger partial charge in [-0.3, -0.25) is 14.4 Å². The van der Waals surface area contributed by atoms with Crippen LogP contribution in [0.3, 0.4) is 0 Å². The largest absolute Gasteiger partial charge is 2.00 e. The summed E-state index contributed by atoms with van der Waals surface area (Å²) < 4.78 is 11.1. The monoisotopic (exact) mass is 913 g/mol. The molecule has 5 heterocycles. The molecule has 0 amide bonds. The number of ketones is 1. The van der Waals surface area contributed by atoms with Crippen LogP contribution >= 0.6 is 0 Å². The van der Waals surface area contributed by atoms with E-state index in [9.17, 15) is 19.5 Å². The van der Waals surface area contributed by atoms with Crippen LogP contribution in [0.5, 0.6) is 0 Å². The van der Waals surface area contributed by atoms with E-state index in [0.717, 1.165) is 59.3 Å². The molecule has 0 unspecified atom stereocenters. The van der Waals surface area contributed by atoms with Crippen molar-refractivity contribution in [3.8, 4) is 0 Å². The van der Waals surface area contributed by atoms with Crippen molar-refractivity contribution < 1.29 is 29.0 Å². The number of ether oxygens (including phenoxy) is 2. The first-order valence-corrected chi connectivity index (χ1v) is 24.7. The number of carbonyl (C=O) groups is 3. The van der Waals surface area contributed by atoms with Crippen molar-refractivity contribution >= 4 is 70.3 Å². The van der Waals surface area contributed by atoms with Crippen molar-refractivity contribution in [2.45, 2.75) is 159 Å². The summed E-state index contributed by atoms with van der Waals surface area (Å²) in [4.78, 5) is 50.5. The summed E-state index contributed by atoms with van der Waals surface area (Å²) in [6.07, 6.45) is 20.6. The number of nitrogens with zero attached hydrogens (tertiary/aromatic N) is 4. The zero-order valence-corrected chi connectivity index (χ0v) is 43.6. The molecule has 0 saturated carbocycles. The molecule has 2 aromatic heterocycles. The van der Waals surface area contributed by atoms with Gasteiger partial charge < -0.3 is 35.2 Å². The van der Waals surface area contributed by atoms with E-state index < -0.39 is 17.9 Å². The Morgan fingerprint density at radius 2 is 1.42 bits per heavy atom. The van der Waals surface area contributed by atoms with Gasteiger partial charge in [0.1, 0.15) is 18.3 Å². The van der Waals surface area contributed by atoms with Crippen molar-refractivity contribution in [2.75, 3.05) is 13.7 Å². The molecule has 8 bridgehead atoms. The van der Waals surface area contributed by atoms with E-state index >= 15 is 0 Å². The maximum absolute atomic E-state index is 13.6. The van der Waals surface area contributed by atoms with Gasteiger partial charge in [-0.25, -0.2) is 0 Å². The van der Waals surface area contributed by atoms with Crippen molar-refractivity contribution in [1.82, 2.24) is 9.97 Å². The summed E-state index contributed by atoms with van der Waals surface area (Å²) in [5.41, 5.74) is 8.21. The normalized spacial score (nSPS) is 25.5. The molecular weight excluding hydrogens is 837 g/mol. The van der Waals surface area contributed by atoms with Crippen LogP contribution in [0.1, 0.15) is 178 Å². The number of hydrogen-bond donors (Lipinski definition) is 1. The Kier molecular flexibility index (Phi) is 18.8. The number of aliphatic hydroxyl groups excluding tert-OH is 1. The molecule has 10 nitrogen and oxygen atoms in total. The maximum Gasteiger partial charge on any atom is 2.00 e. The first-order chi connectivity index (χ1) is 30.9. The molecule has 1 aliphatic carbocycles. The minimum Gasteiger partial charge on any atom is -0.681 e. The Hall–Kier alpha value is -3.96. The Morgan fingerprint density at radius 3 is 2.06 bits per heavy atom. The van der Waals surface area contributed by atoms with Crippen LogP contribution in [0.2, 0.25) is 0 Å². The van der Waals surface area contributed by atoms with E-state index in [1.165, 1.54) is 57.6 Å². The van der Waals surface area contributed by atoms with Gasteiger partial charge in [-0.2, -0.15) is 17.1 Å². The Morgan fingerprint density at radius 1 is 0.803 bits per heavy atom. The zero-order chi connectivity index (χ0) is 47.3. The molecule has 356 valence electrons. The number of aromatic nitrogens is 2. The Labute approximate surface area is 411 Å². The molecule has 66 heavy (non-hydrogen) atoms. The summed E-state index contributed by atoms with van der Waals surface area (Å²) in [6, 6.07) is -0.616. The van der Waals surface area contributed by atoms with Gasteiger partial charge in [-0.15, -0.1) is 22.4 Å². The zero-order valence-electron chi connectivity index (χ0n) is 42.2. The van der Waals surface area contributed by atoms with E-state index in [1.807, 2.05) is 38.2 Å². The van der Waals surface area contributed by atoms with Crippen molar-refractivity contribution in [1.29, 1.82) is 0 Å². The molecule has 3 aliphatic heterocycles. The quantitative estimate of drug-likeness (QED) is 0.0598. The van der Waals surface area contributed by atoms with Crippen LogP contribution in [0.15, 0.2) is 28.7 Å². The van der Waals surface area contributed by atoms with Gasteiger partial charge in [0.2, 0.25) is 0 Å². The van der Waals surface area contributed by atoms with Crippen LogP contribution in [0.25, 0.3) is 40.2 Å². The smallest absolute Gasteiger partial charge is 0.681 e. The molecule has 2 aromatic rings. The van der Waals surface area contributed by atoms with Gasteiger partial charge in [0, 0.05) is 17.2 Å². The van der Waals surface area contributed by atoms with Crippen LogP contribution in [0.4, 0.5) is 0 Å². The summed E-state index contributed by atoms with van der Waals surface area (Å²) in [6.45, 7) is 23.5. The average Bonchev–Trinajstić information content (AvgIpc) is 4.00. The third-order valence-corrected chi connectivity index (χ3v) is 15.0. The number of allylic oxidation sites excluding steroid dienone is 4. The first kappa shape index (κ1) is 53.0. The molecule has 0 spiro atoms. The standard InChI is InChI=1S/C55H77N4O6.Mg/c1-13-39-34(7)41-29-46-48(38(11)60)36(9)43(57-46)27-42-35(8)40(52(58-42)50-51(55(63)64-12)54(62)49-37(10)44(59-53(49)50)28-45(39)56-41)23-24-47(61)65-26-25-33(6)22-16-21-32(5)20-15-19-31(4)18-14-17-30(2)3;/h25,27-32,34-35,39-40,51-52H,13-24,26H2,1-12H3,(H2-,56,57,60,62);/q-3;+2/p-1/b33-25+,42-27-,45-28-;/t31-,32-,34-,35+,39-,40+,51-,52+;/m1./s1. The molecule has 0 aromatic carbocycles. The second-order valence-corrected chi connectivity index (χ2v) is 20.4. The molecule has 2 fully saturated rings. The molecule has 0 radical (unpaired) electrons. The minimum atomic E-state index is -1.10. The number of aliphatic hydroxyl groups is 1. The van der Waals surface area contributed by atoms with Gasteiger partial charge in [0.25, 0.3) is 0 Å². The van der Waals surface area contributed by atoms with Crippen molar-refractivity contribution in [2.24, 2.45) is 47.3 Å². The average molecular weight is 914 g/mol. The first-order valence-electron chi connectivity index (χ1n) is 24.7. The summed E-state index contributed by atoms with van der Waals surface area (Å²) >= 11 is 0. The van der Waals surface area contributed by atoms with Crippen LogP contribution in [0, 0.1) is 61.2 Å². The molecule has 11 heteroatoms. The van der Waals surface area contributed by atoms with Gasteiger partial charge in [0.05, 0.1) is 7.11 Å². The molecule has 1 N–H and O–H groups in total. The van der Waals surface area contributed by atoms with Crippen molar-refractivity contribution in [3.63, 3.8) is 0 Å². The predicted octanol–water partition coefficient (Wildman–Crippen LogP) is 11.2. The second kappa shape index (κ2) is 23.4. The fraction of sp³-hybridized carbons (Fsp3) is 0.618. The van der Waals surface area contributed by atoms with Crippen LogP contribution < -0.4 is 20.5 Å². The van der Waals surface area contributed by atoms with Crippen LogP contribution in [-0.4, -0.2) is 65.6 Å². The number of fused-ring (bicyclic) bond motifs is 8. The SMILES string of the molecule is CC[C@H]1/C2=C/c3[n-]c4c(c3C)=C(O)[C@H](C(=O)OC)C=4[C@H]3[N-]/C(=C\c4[n-]c(c(C(C)=O)c4C)/C=C(\[N-]2)[C@@H]1C)[C@@H](C)[C@@H]3CCC(=O)OC/C=C(\C)CCC[C@H](C)CCC[C@H](C)CCCC(C)C.[Mg+2]. The van der Waals surface area contributed by atoms with Crippen molar-refractivity contribution in [3.05, 3.63) is 83.7 Å². The number of carbonyl (C=O) groups excluding carboxylic acids is 3. The van der Waals surface area contributed by atoms with Crippen LogP contribution in [-0.2, 0) is 19.1 Å². The fourth-order valence-corrected chi connectivity index (χ4v) is 10.9. The van der Waals surface area contributed by atoms with E-state index in [1.54, 1.807) is 6.92 Å². The number of methoxy groups -OCH3 is 1. The summed E-state index contributed by atoms with van der Waals surface area (Å²) in [5.74, 6) is -0.112. The van der Waals surface area contributed by atoms with Gasteiger partial charge in [0.15, 0.2) is 5.78 Å². The van der Waals surface area contributed by atoms with Gasteiger partial charge >= 0.3 is 35.0 Å². The topological polar surface area (TPSA) is 146 Å². The molecule has 2 saturated heterocycles. The Bertz CT molecular complexity index is 2340. The fourth-order valence-electron chi connectivity index (χ4n) is 10.9. The maximum atomic E-state index is 13.6. The number of hydrogen-bond acceptors (Lipinski definition) is 6. The molecule has 8 atom stereocenters. The summed E-state index contributed by atoms with van der Waals surface area (Å²) in [5, 5.41) is 23.4. The Balaban J connectivity index is 0.00000817.